The van der Waals surface area contributed by atoms with Crippen molar-refractivity contribution in [2.75, 3.05) is 32.8 Å². The highest BCUT2D eigenvalue weighted by atomic mass is 35.5. The Kier molecular flexibility index (Phi) is 8.92. The molecule has 0 atom stereocenters. The zero-order valence-corrected chi connectivity index (χ0v) is 16.3. The molecule has 0 radical (unpaired) electrons. The summed E-state index contributed by atoms with van der Waals surface area (Å²) in [4.78, 5) is 26.3. The van der Waals surface area contributed by atoms with Gasteiger partial charge in [-0.15, -0.1) is 0 Å². The predicted molar refractivity (Wildman–Crippen MR) is 103 cm³/mol. The third-order valence-electron chi connectivity index (χ3n) is 4.78. The molecule has 1 fully saturated rings. The van der Waals surface area contributed by atoms with Gasteiger partial charge in [0, 0.05) is 39.3 Å². The van der Waals surface area contributed by atoms with Crippen molar-refractivity contribution in [3.63, 3.8) is 0 Å². The van der Waals surface area contributed by atoms with Crippen molar-refractivity contribution in [2.45, 2.75) is 39.0 Å². The third kappa shape index (κ3) is 6.61. The molecular formula is C20H29ClN2O3. The average Bonchev–Trinajstić information content (AvgIpc) is 2.66. The molecule has 144 valence electrons. The van der Waals surface area contributed by atoms with E-state index in [1.165, 1.54) is 0 Å². The van der Waals surface area contributed by atoms with E-state index in [9.17, 15) is 9.59 Å². The van der Waals surface area contributed by atoms with Crippen LogP contribution >= 0.6 is 11.6 Å². The monoisotopic (exact) mass is 380 g/mol. The minimum absolute atomic E-state index is 0.00101. The quantitative estimate of drug-likeness (QED) is 0.667. The summed E-state index contributed by atoms with van der Waals surface area (Å²) in [6.45, 7) is 5.49. The molecule has 0 aromatic heterocycles. The maximum atomic E-state index is 12.6. The van der Waals surface area contributed by atoms with Gasteiger partial charge in [-0.3, -0.25) is 9.59 Å². The molecule has 26 heavy (non-hydrogen) atoms. The Bertz CT molecular complexity index is 586. The lowest BCUT2D eigenvalue weighted by Crippen LogP contribution is -2.38. The number of benzene rings is 1. The second kappa shape index (κ2) is 11.2. The van der Waals surface area contributed by atoms with E-state index in [0.29, 0.717) is 42.7 Å². The van der Waals surface area contributed by atoms with Gasteiger partial charge in [-0.25, -0.2) is 0 Å². The van der Waals surface area contributed by atoms with E-state index < -0.39 is 0 Å². The molecule has 0 saturated carbocycles. The number of ether oxygens (including phenoxy) is 1. The number of likely N-dealkylation sites (tertiary alicyclic amines) is 1. The normalized spacial score (nSPS) is 15.1. The van der Waals surface area contributed by atoms with Crippen LogP contribution < -0.4 is 5.32 Å². The summed E-state index contributed by atoms with van der Waals surface area (Å²) in [6, 6.07) is 7.17. The van der Waals surface area contributed by atoms with Gasteiger partial charge in [-0.2, -0.15) is 0 Å². The number of rotatable bonds is 9. The minimum atomic E-state index is 0.00101. The van der Waals surface area contributed by atoms with Crippen molar-refractivity contribution in [1.82, 2.24) is 10.2 Å². The van der Waals surface area contributed by atoms with Crippen LogP contribution in [0.1, 0.15) is 49.4 Å². The van der Waals surface area contributed by atoms with Crippen molar-refractivity contribution in [1.29, 1.82) is 0 Å². The first kappa shape index (κ1) is 20.7. The number of nitrogens with one attached hydrogen (secondary N) is 1. The van der Waals surface area contributed by atoms with Gasteiger partial charge in [0.05, 0.1) is 10.6 Å². The minimum Gasteiger partial charge on any atom is -0.382 e. The van der Waals surface area contributed by atoms with Crippen molar-refractivity contribution in [3.8, 4) is 0 Å². The van der Waals surface area contributed by atoms with Crippen molar-refractivity contribution >= 4 is 23.4 Å². The molecule has 0 aliphatic carbocycles. The Morgan fingerprint density at radius 3 is 2.69 bits per heavy atom. The van der Waals surface area contributed by atoms with Crippen LogP contribution in [0.5, 0.6) is 0 Å². The molecule has 2 amide bonds. The molecule has 0 bridgehead atoms. The van der Waals surface area contributed by atoms with Gasteiger partial charge in [0.25, 0.3) is 5.91 Å². The lowest BCUT2D eigenvalue weighted by Gasteiger charge is -2.32. The Morgan fingerprint density at radius 2 is 2.00 bits per heavy atom. The van der Waals surface area contributed by atoms with E-state index in [1.54, 1.807) is 12.1 Å². The average molecular weight is 381 g/mol. The molecule has 1 aliphatic rings. The zero-order valence-electron chi connectivity index (χ0n) is 15.5. The summed E-state index contributed by atoms with van der Waals surface area (Å²) in [5, 5.41) is 3.44. The highest BCUT2D eigenvalue weighted by Gasteiger charge is 2.24. The highest BCUT2D eigenvalue weighted by Crippen LogP contribution is 2.24. The number of carbonyl (C=O) groups excluding carboxylic acids is 2. The highest BCUT2D eigenvalue weighted by molar-refractivity contribution is 6.33. The molecule has 5 nitrogen and oxygen atoms in total. The Morgan fingerprint density at radius 1 is 1.27 bits per heavy atom. The fourth-order valence-electron chi connectivity index (χ4n) is 3.20. The first-order valence-corrected chi connectivity index (χ1v) is 9.87. The van der Waals surface area contributed by atoms with Gasteiger partial charge in [0.1, 0.15) is 0 Å². The van der Waals surface area contributed by atoms with E-state index >= 15 is 0 Å². The molecule has 0 spiro atoms. The van der Waals surface area contributed by atoms with E-state index in [-0.39, 0.29) is 11.8 Å². The number of carbonyl (C=O) groups is 2. The fraction of sp³-hybridized carbons (Fsp3) is 0.600. The maximum Gasteiger partial charge on any atom is 0.255 e. The lowest BCUT2D eigenvalue weighted by molar-refractivity contribution is -0.121. The van der Waals surface area contributed by atoms with Crippen LogP contribution in [0.3, 0.4) is 0 Å². The molecule has 6 heteroatoms. The molecule has 0 unspecified atom stereocenters. The molecule has 2 rings (SSSR count). The SMILES string of the molecule is CCOCCCNC(=O)CCC1CCN(C(=O)c2ccccc2Cl)CC1. The van der Waals surface area contributed by atoms with Gasteiger partial charge in [0.15, 0.2) is 0 Å². The van der Waals surface area contributed by atoms with Gasteiger partial charge in [0.2, 0.25) is 5.91 Å². The van der Waals surface area contributed by atoms with Crippen LogP contribution in [0.2, 0.25) is 5.02 Å². The summed E-state index contributed by atoms with van der Waals surface area (Å²) in [6.07, 6.45) is 4.16. The lowest BCUT2D eigenvalue weighted by atomic mass is 9.91. The molecular weight excluding hydrogens is 352 g/mol. The van der Waals surface area contributed by atoms with Crippen molar-refractivity contribution in [2.24, 2.45) is 5.92 Å². The Hall–Kier alpha value is -1.59. The van der Waals surface area contributed by atoms with Crippen LogP contribution in [0.15, 0.2) is 24.3 Å². The second-order valence-electron chi connectivity index (χ2n) is 6.65. The van der Waals surface area contributed by atoms with Crippen molar-refractivity contribution < 1.29 is 14.3 Å². The summed E-state index contributed by atoms with van der Waals surface area (Å²) < 4.78 is 5.25. The fourth-order valence-corrected chi connectivity index (χ4v) is 3.42. The van der Waals surface area contributed by atoms with E-state index in [1.807, 2.05) is 24.0 Å². The number of hydrogen-bond donors (Lipinski definition) is 1. The number of nitrogens with zero attached hydrogens (tertiary/aromatic N) is 1. The van der Waals surface area contributed by atoms with Gasteiger partial charge in [-0.05, 0) is 50.7 Å². The van der Waals surface area contributed by atoms with Gasteiger partial charge in [-0.1, -0.05) is 23.7 Å². The second-order valence-corrected chi connectivity index (χ2v) is 7.06. The van der Waals surface area contributed by atoms with Crippen LogP contribution in [0.25, 0.3) is 0 Å². The van der Waals surface area contributed by atoms with E-state index in [4.69, 9.17) is 16.3 Å². The molecule has 1 aromatic carbocycles. The van der Waals surface area contributed by atoms with Crippen LogP contribution in [-0.4, -0.2) is 49.6 Å². The van der Waals surface area contributed by atoms with Crippen LogP contribution in [0, 0.1) is 5.92 Å². The Labute approximate surface area is 161 Å². The molecule has 1 saturated heterocycles. The smallest absolute Gasteiger partial charge is 0.255 e. The molecule has 1 aromatic rings. The Balaban J connectivity index is 1.65. The predicted octanol–water partition coefficient (Wildman–Crippen LogP) is 3.52. The number of amides is 2. The molecule has 1 N–H and O–H groups in total. The number of halogens is 1. The molecule has 1 aliphatic heterocycles. The third-order valence-corrected chi connectivity index (χ3v) is 5.11. The topological polar surface area (TPSA) is 58.6 Å². The van der Waals surface area contributed by atoms with Crippen LogP contribution in [0.4, 0.5) is 0 Å². The zero-order chi connectivity index (χ0) is 18.8. The standard InChI is InChI=1S/C20H29ClN2O3/c1-2-26-15-5-12-22-19(24)9-8-16-10-13-23(14-11-16)20(25)17-6-3-4-7-18(17)21/h3-4,6-7,16H,2,5,8-15H2,1H3,(H,22,24). The summed E-state index contributed by atoms with van der Waals surface area (Å²) in [5.41, 5.74) is 0.569. The van der Waals surface area contributed by atoms with Gasteiger partial charge < -0.3 is 15.0 Å². The first-order chi connectivity index (χ1) is 12.6. The summed E-state index contributed by atoms with van der Waals surface area (Å²) in [7, 11) is 0. The van der Waals surface area contributed by atoms with Crippen molar-refractivity contribution in [3.05, 3.63) is 34.9 Å². The first-order valence-electron chi connectivity index (χ1n) is 9.50. The van der Waals surface area contributed by atoms with E-state index in [2.05, 4.69) is 5.32 Å². The number of hydrogen-bond acceptors (Lipinski definition) is 3. The maximum absolute atomic E-state index is 12.6. The number of piperidine rings is 1. The van der Waals surface area contributed by atoms with E-state index in [0.717, 1.165) is 38.8 Å². The largest absolute Gasteiger partial charge is 0.382 e. The molecule has 1 heterocycles. The summed E-state index contributed by atoms with van der Waals surface area (Å²) in [5.74, 6) is 0.608. The van der Waals surface area contributed by atoms with Crippen LogP contribution in [-0.2, 0) is 9.53 Å². The van der Waals surface area contributed by atoms with Gasteiger partial charge >= 0.3 is 0 Å². The summed E-state index contributed by atoms with van der Waals surface area (Å²) >= 11 is 6.12.